The number of nitrogens with zero attached hydrogens (tertiary/aromatic N) is 4. The van der Waals surface area contributed by atoms with Gasteiger partial charge in [0, 0.05) is 35.8 Å². The lowest BCUT2D eigenvalue weighted by atomic mass is 9.99. The van der Waals surface area contributed by atoms with Crippen LogP contribution in [-0.2, 0) is 0 Å². The number of hydrogen-bond donors (Lipinski definition) is 2. The number of fused-ring (bicyclic) bond motifs is 2. The summed E-state index contributed by atoms with van der Waals surface area (Å²) in [6, 6.07) is 6.13. The van der Waals surface area contributed by atoms with Crippen LogP contribution in [0.15, 0.2) is 43.1 Å². The van der Waals surface area contributed by atoms with E-state index in [1.54, 1.807) is 19.8 Å². The van der Waals surface area contributed by atoms with E-state index < -0.39 is 0 Å². The first-order valence-electron chi connectivity index (χ1n) is 8.57. The monoisotopic (exact) mass is 346 g/mol. The molecule has 0 unspecified atom stereocenters. The summed E-state index contributed by atoms with van der Waals surface area (Å²) >= 11 is 0. The number of nitrogens with one attached hydrogen (secondary N) is 2. The molecule has 0 saturated heterocycles. The van der Waals surface area contributed by atoms with Crippen LogP contribution < -0.4 is 9.64 Å². The van der Waals surface area contributed by atoms with Crippen molar-refractivity contribution in [2.75, 3.05) is 25.1 Å². The van der Waals surface area contributed by atoms with Crippen molar-refractivity contribution in [2.24, 2.45) is 0 Å². The van der Waals surface area contributed by atoms with Gasteiger partial charge in [-0.1, -0.05) is 6.08 Å². The van der Waals surface area contributed by atoms with Crippen LogP contribution in [0, 0.1) is 0 Å². The van der Waals surface area contributed by atoms with E-state index in [9.17, 15) is 0 Å². The highest BCUT2D eigenvalue weighted by atomic mass is 16.5. The van der Waals surface area contributed by atoms with E-state index in [0.717, 1.165) is 42.1 Å². The Balaban J connectivity index is 1.48. The predicted molar refractivity (Wildman–Crippen MR) is 101 cm³/mol. The SMILES string of the molecule is COc1ccc2[nH]cc(C3=CCN(c4ncnc5nc[nH]c45)CC3)c2c1. The number of imidazole rings is 1. The van der Waals surface area contributed by atoms with E-state index in [2.05, 4.69) is 54.2 Å². The van der Waals surface area contributed by atoms with Gasteiger partial charge in [0.25, 0.3) is 0 Å². The molecule has 0 bridgehead atoms. The smallest absolute Gasteiger partial charge is 0.182 e. The molecule has 7 heteroatoms. The van der Waals surface area contributed by atoms with Gasteiger partial charge in [0.15, 0.2) is 11.5 Å². The number of ether oxygens (including phenoxy) is 1. The van der Waals surface area contributed by atoms with Gasteiger partial charge in [0.2, 0.25) is 0 Å². The number of aromatic amines is 2. The number of hydrogen-bond acceptors (Lipinski definition) is 5. The normalized spacial score (nSPS) is 14.8. The third-order valence-electron chi connectivity index (χ3n) is 4.95. The number of methoxy groups -OCH3 is 1. The van der Waals surface area contributed by atoms with Crippen molar-refractivity contribution in [3.63, 3.8) is 0 Å². The van der Waals surface area contributed by atoms with E-state index in [1.165, 1.54) is 16.5 Å². The lowest BCUT2D eigenvalue weighted by molar-refractivity contribution is 0.415. The predicted octanol–water partition coefficient (Wildman–Crippen LogP) is 3.14. The highest BCUT2D eigenvalue weighted by Crippen LogP contribution is 2.32. The summed E-state index contributed by atoms with van der Waals surface area (Å²) in [5.74, 6) is 1.78. The van der Waals surface area contributed by atoms with E-state index >= 15 is 0 Å². The van der Waals surface area contributed by atoms with Crippen LogP contribution in [0.4, 0.5) is 5.82 Å². The van der Waals surface area contributed by atoms with Gasteiger partial charge < -0.3 is 19.6 Å². The lowest BCUT2D eigenvalue weighted by Crippen LogP contribution is -2.29. The molecular formula is C19H18N6O. The molecule has 0 atom stereocenters. The van der Waals surface area contributed by atoms with Crippen molar-refractivity contribution in [1.82, 2.24) is 24.9 Å². The molecule has 0 radical (unpaired) electrons. The first kappa shape index (κ1) is 14.9. The maximum absolute atomic E-state index is 5.38. The van der Waals surface area contributed by atoms with Crippen LogP contribution in [0.25, 0.3) is 27.6 Å². The fourth-order valence-electron chi connectivity index (χ4n) is 3.59. The molecule has 1 aliphatic rings. The van der Waals surface area contributed by atoms with E-state index in [4.69, 9.17) is 4.74 Å². The van der Waals surface area contributed by atoms with Crippen molar-refractivity contribution in [3.05, 3.63) is 48.7 Å². The maximum atomic E-state index is 5.38. The van der Waals surface area contributed by atoms with E-state index in [0.29, 0.717) is 5.65 Å². The molecule has 1 aromatic carbocycles. The topological polar surface area (TPSA) is 82.7 Å². The van der Waals surface area contributed by atoms with Gasteiger partial charge in [-0.15, -0.1) is 0 Å². The minimum Gasteiger partial charge on any atom is -0.497 e. The third kappa shape index (κ3) is 2.32. The van der Waals surface area contributed by atoms with E-state index in [1.807, 2.05) is 6.07 Å². The number of benzene rings is 1. The summed E-state index contributed by atoms with van der Waals surface area (Å²) < 4.78 is 5.38. The van der Waals surface area contributed by atoms with Gasteiger partial charge in [-0.25, -0.2) is 15.0 Å². The summed E-state index contributed by atoms with van der Waals surface area (Å²) in [7, 11) is 1.70. The van der Waals surface area contributed by atoms with Gasteiger partial charge in [0.1, 0.15) is 17.6 Å². The maximum Gasteiger partial charge on any atom is 0.182 e. The zero-order chi connectivity index (χ0) is 17.5. The molecule has 1 aliphatic heterocycles. The molecule has 130 valence electrons. The zero-order valence-electron chi connectivity index (χ0n) is 14.4. The summed E-state index contributed by atoms with van der Waals surface area (Å²) in [6.07, 6.45) is 8.54. The zero-order valence-corrected chi connectivity index (χ0v) is 14.4. The Morgan fingerprint density at radius 2 is 2.12 bits per heavy atom. The second-order valence-electron chi connectivity index (χ2n) is 6.34. The first-order valence-corrected chi connectivity index (χ1v) is 8.57. The third-order valence-corrected chi connectivity index (χ3v) is 4.95. The minimum absolute atomic E-state index is 0.702. The molecule has 0 spiro atoms. The number of rotatable bonds is 3. The Morgan fingerprint density at radius 3 is 2.96 bits per heavy atom. The van der Waals surface area contributed by atoms with Crippen molar-refractivity contribution < 1.29 is 4.74 Å². The largest absolute Gasteiger partial charge is 0.497 e. The highest BCUT2D eigenvalue weighted by Gasteiger charge is 2.19. The fourth-order valence-corrected chi connectivity index (χ4v) is 3.59. The van der Waals surface area contributed by atoms with E-state index in [-0.39, 0.29) is 0 Å². The molecule has 4 heterocycles. The van der Waals surface area contributed by atoms with Gasteiger partial charge in [-0.2, -0.15) is 0 Å². The second-order valence-corrected chi connectivity index (χ2v) is 6.34. The molecule has 3 aromatic heterocycles. The molecule has 26 heavy (non-hydrogen) atoms. The average Bonchev–Trinajstić information content (AvgIpc) is 3.34. The minimum atomic E-state index is 0.702. The average molecular weight is 346 g/mol. The molecule has 7 nitrogen and oxygen atoms in total. The number of aromatic nitrogens is 5. The summed E-state index contributed by atoms with van der Waals surface area (Å²) in [4.78, 5) is 21.6. The molecular weight excluding hydrogens is 328 g/mol. The Labute approximate surface area is 149 Å². The Hall–Kier alpha value is -3.35. The van der Waals surface area contributed by atoms with Crippen LogP contribution in [-0.4, -0.2) is 45.1 Å². The Morgan fingerprint density at radius 1 is 1.15 bits per heavy atom. The standard InChI is InChI=1S/C19H18N6O/c1-26-13-2-3-16-14(8-13)15(9-20-16)12-4-6-25(7-5-12)19-17-18(22-10-21-17)23-11-24-19/h2-4,8-11,20H,5-7H2,1H3,(H,21,22,23,24). The molecule has 0 aliphatic carbocycles. The van der Waals surface area contributed by atoms with Crippen LogP contribution in [0.5, 0.6) is 5.75 Å². The molecule has 0 saturated carbocycles. The van der Waals surface area contributed by atoms with Crippen molar-refractivity contribution in [2.45, 2.75) is 6.42 Å². The molecule has 5 rings (SSSR count). The van der Waals surface area contributed by atoms with Gasteiger partial charge in [-0.3, -0.25) is 0 Å². The highest BCUT2D eigenvalue weighted by molar-refractivity contribution is 5.94. The Kier molecular flexibility index (Phi) is 3.38. The fraction of sp³-hybridized carbons (Fsp3) is 0.211. The Bertz CT molecular complexity index is 1130. The summed E-state index contributed by atoms with van der Waals surface area (Å²) in [5.41, 5.74) is 5.30. The van der Waals surface area contributed by atoms with Crippen molar-refractivity contribution >= 4 is 33.5 Å². The van der Waals surface area contributed by atoms with Crippen LogP contribution in [0.3, 0.4) is 0 Å². The summed E-state index contributed by atoms with van der Waals surface area (Å²) in [6.45, 7) is 1.70. The molecule has 0 fully saturated rings. The van der Waals surface area contributed by atoms with Crippen molar-refractivity contribution in [3.8, 4) is 5.75 Å². The first-order chi connectivity index (χ1) is 12.8. The van der Waals surface area contributed by atoms with Crippen LogP contribution in [0.1, 0.15) is 12.0 Å². The van der Waals surface area contributed by atoms with Crippen LogP contribution >= 0.6 is 0 Å². The molecule has 2 N–H and O–H groups in total. The quantitative estimate of drug-likeness (QED) is 0.595. The van der Waals surface area contributed by atoms with Gasteiger partial charge in [-0.05, 0) is 30.2 Å². The van der Waals surface area contributed by atoms with Crippen molar-refractivity contribution in [1.29, 1.82) is 0 Å². The lowest BCUT2D eigenvalue weighted by Gasteiger charge is -2.27. The molecule has 4 aromatic rings. The van der Waals surface area contributed by atoms with Crippen LogP contribution in [0.2, 0.25) is 0 Å². The number of H-pyrrole nitrogens is 2. The number of anilines is 1. The molecule has 0 amide bonds. The summed E-state index contributed by atoms with van der Waals surface area (Å²) in [5, 5.41) is 1.20. The second kappa shape index (κ2) is 5.87. The van der Waals surface area contributed by atoms with Gasteiger partial charge in [0.05, 0.1) is 13.4 Å². The van der Waals surface area contributed by atoms with Gasteiger partial charge >= 0.3 is 0 Å².